The molecule has 0 N–H and O–H groups in total. The van der Waals surface area contributed by atoms with Crippen LogP contribution >= 0.6 is 0 Å². The maximum Gasteiger partial charge on any atom is 0.0916 e. The van der Waals surface area contributed by atoms with E-state index in [2.05, 4.69) is 28.2 Å². The SMILES string of the molecule is [N-]=[N+]=N[C@@H]1CC[C@H]2Cc3ccccc3[C@@H]1O2. The zero-order valence-electron chi connectivity index (χ0n) is 8.91. The molecule has 4 nitrogen and oxygen atoms in total. The number of ether oxygens (including phenoxy) is 1. The van der Waals surface area contributed by atoms with Crippen LogP contribution in [0.25, 0.3) is 10.4 Å². The fourth-order valence-electron chi connectivity index (χ4n) is 2.73. The molecule has 0 unspecified atom stereocenters. The number of nitrogens with zero attached hydrogens (tertiary/aromatic N) is 3. The predicted octanol–water partition coefficient (Wildman–Crippen LogP) is 3.14. The lowest BCUT2D eigenvalue weighted by Crippen LogP contribution is -2.37. The van der Waals surface area contributed by atoms with Gasteiger partial charge in [-0.05, 0) is 35.9 Å². The van der Waals surface area contributed by atoms with Gasteiger partial charge in [0.15, 0.2) is 0 Å². The molecule has 3 atom stereocenters. The summed E-state index contributed by atoms with van der Waals surface area (Å²) in [4.78, 5) is 2.92. The van der Waals surface area contributed by atoms with E-state index < -0.39 is 0 Å². The molecule has 2 bridgehead atoms. The molecule has 2 heterocycles. The van der Waals surface area contributed by atoms with Gasteiger partial charge in [0.2, 0.25) is 0 Å². The lowest BCUT2D eigenvalue weighted by Gasteiger charge is -2.40. The van der Waals surface area contributed by atoms with Gasteiger partial charge in [-0.1, -0.05) is 29.4 Å². The fourth-order valence-corrected chi connectivity index (χ4v) is 2.73. The normalized spacial score (nSPS) is 31.4. The Hall–Kier alpha value is -1.51. The summed E-state index contributed by atoms with van der Waals surface area (Å²) in [5.41, 5.74) is 11.1. The third-order valence-electron chi connectivity index (χ3n) is 3.48. The predicted molar refractivity (Wildman–Crippen MR) is 59.9 cm³/mol. The lowest BCUT2D eigenvalue weighted by atomic mass is 9.84. The highest BCUT2D eigenvalue weighted by Gasteiger charge is 2.36. The first kappa shape index (κ1) is 9.70. The summed E-state index contributed by atoms with van der Waals surface area (Å²) >= 11 is 0. The van der Waals surface area contributed by atoms with E-state index in [0.717, 1.165) is 19.3 Å². The molecule has 82 valence electrons. The molecule has 2 aliphatic rings. The molecule has 2 aliphatic heterocycles. The van der Waals surface area contributed by atoms with Crippen LogP contribution < -0.4 is 0 Å². The number of rotatable bonds is 1. The molecule has 0 saturated carbocycles. The van der Waals surface area contributed by atoms with Crippen molar-refractivity contribution in [1.29, 1.82) is 0 Å². The Bertz CT molecular complexity index is 453. The van der Waals surface area contributed by atoms with Crippen LogP contribution in [0.15, 0.2) is 29.4 Å². The summed E-state index contributed by atoms with van der Waals surface area (Å²) in [6, 6.07) is 8.27. The van der Waals surface area contributed by atoms with Crippen molar-refractivity contribution in [2.24, 2.45) is 5.11 Å². The summed E-state index contributed by atoms with van der Waals surface area (Å²) < 4.78 is 5.95. The van der Waals surface area contributed by atoms with Crippen molar-refractivity contribution in [3.8, 4) is 0 Å². The van der Waals surface area contributed by atoms with Crippen LogP contribution in [-0.2, 0) is 11.2 Å². The van der Waals surface area contributed by atoms with E-state index in [4.69, 9.17) is 10.3 Å². The minimum atomic E-state index is -0.0392. The van der Waals surface area contributed by atoms with E-state index in [1.54, 1.807) is 0 Å². The molecule has 1 saturated heterocycles. The van der Waals surface area contributed by atoms with E-state index in [1.165, 1.54) is 11.1 Å². The van der Waals surface area contributed by atoms with Gasteiger partial charge in [0.25, 0.3) is 0 Å². The first-order valence-corrected chi connectivity index (χ1v) is 5.66. The quantitative estimate of drug-likeness (QED) is 0.403. The van der Waals surface area contributed by atoms with E-state index >= 15 is 0 Å². The van der Waals surface area contributed by atoms with Crippen molar-refractivity contribution >= 4 is 0 Å². The largest absolute Gasteiger partial charge is 0.370 e. The van der Waals surface area contributed by atoms with Crippen molar-refractivity contribution < 1.29 is 4.74 Å². The van der Waals surface area contributed by atoms with E-state index in [9.17, 15) is 0 Å². The van der Waals surface area contributed by atoms with Crippen LogP contribution in [0.4, 0.5) is 0 Å². The monoisotopic (exact) mass is 215 g/mol. The van der Waals surface area contributed by atoms with Crippen molar-refractivity contribution in [1.82, 2.24) is 0 Å². The van der Waals surface area contributed by atoms with Gasteiger partial charge in [0.1, 0.15) is 0 Å². The summed E-state index contributed by atoms with van der Waals surface area (Å²) in [6.07, 6.45) is 3.21. The zero-order chi connectivity index (χ0) is 11.0. The van der Waals surface area contributed by atoms with Crippen LogP contribution in [0.1, 0.15) is 30.1 Å². The maximum absolute atomic E-state index is 8.57. The Balaban J connectivity index is 2.03. The molecule has 1 fully saturated rings. The topological polar surface area (TPSA) is 58.0 Å². The van der Waals surface area contributed by atoms with Crippen LogP contribution in [0, 0.1) is 0 Å². The van der Waals surface area contributed by atoms with E-state index in [-0.39, 0.29) is 12.1 Å². The summed E-state index contributed by atoms with van der Waals surface area (Å²) in [7, 11) is 0. The molecule has 1 aromatic carbocycles. The minimum Gasteiger partial charge on any atom is -0.370 e. The van der Waals surface area contributed by atoms with Gasteiger partial charge in [-0.25, -0.2) is 0 Å². The molecule has 16 heavy (non-hydrogen) atoms. The second-order valence-corrected chi connectivity index (χ2v) is 4.43. The van der Waals surface area contributed by atoms with Gasteiger partial charge >= 0.3 is 0 Å². The van der Waals surface area contributed by atoms with Crippen molar-refractivity contribution in [2.75, 3.05) is 0 Å². The Labute approximate surface area is 93.9 Å². The van der Waals surface area contributed by atoms with Crippen molar-refractivity contribution in [3.63, 3.8) is 0 Å². The number of fused-ring (bicyclic) bond motifs is 4. The van der Waals surface area contributed by atoms with Gasteiger partial charge in [-0.3, -0.25) is 0 Å². The van der Waals surface area contributed by atoms with Crippen molar-refractivity contribution in [3.05, 3.63) is 45.8 Å². The first-order valence-electron chi connectivity index (χ1n) is 5.66. The Morgan fingerprint density at radius 1 is 1.31 bits per heavy atom. The van der Waals surface area contributed by atoms with Gasteiger partial charge in [-0.2, -0.15) is 0 Å². The third kappa shape index (κ3) is 1.47. The van der Waals surface area contributed by atoms with E-state index in [1.807, 2.05) is 6.07 Å². The number of hydrogen-bond acceptors (Lipinski definition) is 2. The summed E-state index contributed by atoms with van der Waals surface area (Å²) in [5, 5.41) is 3.86. The second-order valence-electron chi connectivity index (χ2n) is 4.43. The molecular weight excluding hydrogens is 202 g/mol. The first-order chi connectivity index (χ1) is 7.88. The van der Waals surface area contributed by atoms with Gasteiger partial charge in [-0.15, -0.1) is 0 Å². The molecule has 1 aromatic rings. The smallest absolute Gasteiger partial charge is 0.0916 e. The molecule has 0 spiro atoms. The van der Waals surface area contributed by atoms with Crippen LogP contribution in [0.5, 0.6) is 0 Å². The van der Waals surface area contributed by atoms with E-state index in [0.29, 0.717) is 6.10 Å². The highest BCUT2D eigenvalue weighted by molar-refractivity contribution is 5.33. The highest BCUT2D eigenvalue weighted by Crippen LogP contribution is 2.40. The number of benzene rings is 1. The average molecular weight is 215 g/mol. The van der Waals surface area contributed by atoms with Crippen LogP contribution in [-0.4, -0.2) is 12.1 Å². The molecular formula is C12H13N3O. The Morgan fingerprint density at radius 2 is 2.19 bits per heavy atom. The van der Waals surface area contributed by atoms with Gasteiger partial charge < -0.3 is 4.74 Å². The third-order valence-corrected chi connectivity index (χ3v) is 3.48. The number of hydrogen-bond donors (Lipinski definition) is 0. The number of azide groups is 1. The fraction of sp³-hybridized carbons (Fsp3) is 0.500. The molecule has 3 rings (SSSR count). The molecule has 4 heteroatoms. The Kier molecular flexibility index (Phi) is 2.31. The Morgan fingerprint density at radius 3 is 3.06 bits per heavy atom. The maximum atomic E-state index is 8.57. The second kappa shape index (κ2) is 3.81. The summed E-state index contributed by atoms with van der Waals surface area (Å²) in [5.74, 6) is 0. The van der Waals surface area contributed by atoms with Gasteiger partial charge in [0, 0.05) is 4.91 Å². The van der Waals surface area contributed by atoms with Crippen molar-refractivity contribution in [2.45, 2.75) is 37.5 Å². The highest BCUT2D eigenvalue weighted by atomic mass is 16.5. The zero-order valence-corrected chi connectivity index (χ0v) is 8.91. The standard InChI is InChI=1S/C12H13N3O/c13-15-14-11-6-5-9-7-8-3-1-2-4-10(8)12(11)16-9/h1-4,9,11-12H,5-7H2/t9-,11+,12-/m0/s1. The molecule has 0 aliphatic carbocycles. The van der Waals surface area contributed by atoms with Gasteiger partial charge in [0.05, 0.1) is 18.2 Å². The molecule has 0 radical (unpaired) electrons. The molecule has 0 amide bonds. The molecule has 0 aromatic heterocycles. The lowest BCUT2D eigenvalue weighted by molar-refractivity contribution is -0.0728. The minimum absolute atomic E-state index is 0.0281. The summed E-state index contributed by atoms with van der Waals surface area (Å²) in [6.45, 7) is 0. The average Bonchev–Trinajstić information content (AvgIpc) is 2.33. The van der Waals surface area contributed by atoms with Crippen LogP contribution in [0.3, 0.4) is 0 Å². The van der Waals surface area contributed by atoms with Crippen LogP contribution in [0.2, 0.25) is 0 Å².